The predicted octanol–water partition coefficient (Wildman–Crippen LogP) is 3.96. The summed E-state index contributed by atoms with van der Waals surface area (Å²) in [5.74, 6) is 0.537. The Hall–Kier alpha value is -2.82. The number of carbonyl (C=O) groups excluding carboxylic acids is 2. The molecule has 1 saturated heterocycles. The molecule has 25 heavy (non-hydrogen) atoms. The molecule has 2 fully saturated rings. The molecule has 0 aromatic heterocycles. The predicted molar refractivity (Wildman–Crippen MR) is 97.7 cm³/mol. The summed E-state index contributed by atoms with van der Waals surface area (Å²) >= 11 is 0. The highest BCUT2D eigenvalue weighted by atomic mass is 16.2. The number of hydrogen-bond acceptors (Lipinski definition) is 2. The summed E-state index contributed by atoms with van der Waals surface area (Å²) in [6.45, 7) is 0.869. The first-order chi connectivity index (χ1) is 12.2. The van der Waals surface area contributed by atoms with E-state index in [-0.39, 0.29) is 11.9 Å². The lowest BCUT2D eigenvalue weighted by Crippen LogP contribution is -2.57. The van der Waals surface area contributed by atoms with E-state index in [1.807, 2.05) is 35.2 Å². The van der Waals surface area contributed by atoms with Gasteiger partial charge in [0.25, 0.3) is 5.91 Å². The van der Waals surface area contributed by atoms with E-state index in [1.165, 1.54) is 12.8 Å². The van der Waals surface area contributed by atoms with Crippen LogP contribution in [0, 0.1) is 5.92 Å². The molecule has 5 nitrogen and oxygen atoms in total. The van der Waals surface area contributed by atoms with Gasteiger partial charge in [-0.25, -0.2) is 4.79 Å². The van der Waals surface area contributed by atoms with Crippen LogP contribution in [-0.2, 0) is 0 Å². The standard InChI is InChI=1S/C20H21N3O2/c24-19(21-16-6-2-1-3-7-16)14-9-11-17(12-10-14)22-20(25)23-13-15-5-4-8-18(15)23/h1-3,6-7,9-12,15,18H,4-5,8,13H2,(H,21,24)(H,22,25)/t15-,18-/m1/s1. The van der Waals surface area contributed by atoms with E-state index < -0.39 is 0 Å². The Bertz CT molecular complexity index is 773. The van der Waals surface area contributed by atoms with Gasteiger partial charge in [0.15, 0.2) is 0 Å². The molecule has 1 aliphatic carbocycles. The first kappa shape index (κ1) is 15.7. The van der Waals surface area contributed by atoms with Crippen molar-refractivity contribution in [1.82, 2.24) is 4.90 Å². The van der Waals surface area contributed by atoms with Crippen LogP contribution in [-0.4, -0.2) is 29.4 Å². The first-order valence-electron chi connectivity index (χ1n) is 8.75. The van der Waals surface area contributed by atoms with Crippen LogP contribution in [0.2, 0.25) is 0 Å². The van der Waals surface area contributed by atoms with Crippen LogP contribution >= 0.6 is 0 Å². The van der Waals surface area contributed by atoms with Gasteiger partial charge in [-0.05, 0) is 55.2 Å². The van der Waals surface area contributed by atoms with Crippen molar-refractivity contribution < 1.29 is 9.59 Å². The summed E-state index contributed by atoms with van der Waals surface area (Å²) < 4.78 is 0. The monoisotopic (exact) mass is 335 g/mol. The fraction of sp³-hybridized carbons (Fsp3) is 0.300. The number of fused-ring (bicyclic) bond motifs is 1. The van der Waals surface area contributed by atoms with Crippen molar-refractivity contribution in [2.45, 2.75) is 25.3 Å². The molecule has 1 aliphatic heterocycles. The number of likely N-dealkylation sites (tertiary alicyclic amines) is 1. The molecule has 1 saturated carbocycles. The number of hydrogen-bond donors (Lipinski definition) is 2. The van der Waals surface area contributed by atoms with Crippen molar-refractivity contribution in [3.05, 3.63) is 60.2 Å². The third kappa shape index (κ3) is 3.22. The van der Waals surface area contributed by atoms with Gasteiger partial charge in [-0.15, -0.1) is 0 Å². The maximum absolute atomic E-state index is 12.3. The Morgan fingerprint density at radius 2 is 1.60 bits per heavy atom. The molecule has 4 rings (SSSR count). The van der Waals surface area contributed by atoms with Crippen LogP contribution in [0.15, 0.2) is 54.6 Å². The third-order valence-corrected chi connectivity index (χ3v) is 5.14. The number of amides is 3. The van der Waals surface area contributed by atoms with Crippen molar-refractivity contribution in [2.24, 2.45) is 5.92 Å². The Labute approximate surface area is 147 Å². The van der Waals surface area contributed by atoms with Crippen LogP contribution in [0.25, 0.3) is 0 Å². The topological polar surface area (TPSA) is 61.4 Å². The normalized spacial score (nSPS) is 21.2. The quantitative estimate of drug-likeness (QED) is 0.892. The van der Waals surface area contributed by atoms with Crippen molar-refractivity contribution >= 4 is 23.3 Å². The molecule has 2 aliphatic rings. The van der Waals surface area contributed by atoms with E-state index in [0.29, 0.717) is 23.2 Å². The minimum absolute atomic E-state index is 0.0374. The SMILES string of the molecule is O=C(Nc1ccccc1)c1ccc(NC(=O)N2C[C@H]3CCC[C@H]32)cc1. The summed E-state index contributed by atoms with van der Waals surface area (Å²) in [4.78, 5) is 26.5. The van der Waals surface area contributed by atoms with Gasteiger partial charge in [-0.2, -0.15) is 0 Å². The maximum atomic E-state index is 12.3. The molecule has 1 heterocycles. The van der Waals surface area contributed by atoms with Gasteiger partial charge in [-0.3, -0.25) is 4.79 Å². The molecule has 2 atom stereocenters. The molecule has 128 valence electrons. The van der Waals surface area contributed by atoms with Crippen LogP contribution < -0.4 is 10.6 Å². The minimum atomic E-state index is -0.166. The van der Waals surface area contributed by atoms with Crippen molar-refractivity contribution in [1.29, 1.82) is 0 Å². The molecule has 2 aromatic rings. The number of benzene rings is 2. The highest BCUT2D eigenvalue weighted by molar-refractivity contribution is 6.04. The van der Waals surface area contributed by atoms with Crippen LogP contribution in [0.4, 0.5) is 16.2 Å². The lowest BCUT2D eigenvalue weighted by molar-refractivity contribution is 0.0797. The zero-order chi connectivity index (χ0) is 17.2. The fourth-order valence-corrected chi connectivity index (χ4v) is 3.75. The van der Waals surface area contributed by atoms with E-state index in [2.05, 4.69) is 10.6 Å². The second-order valence-electron chi connectivity index (χ2n) is 6.74. The van der Waals surface area contributed by atoms with E-state index in [1.54, 1.807) is 24.3 Å². The van der Waals surface area contributed by atoms with Crippen LogP contribution in [0.1, 0.15) is 29.6 Å². The summed E-state index contributed by atoms with van der Waals surface area (Å²) in [7, 11) is 0. The van der Waals surface area contributed by atoms with Gasteiger partial charge in [0, 0.05) is 29.5 Å². The summed E-state index contributed by atoms with van der Waals surface area (Å²) in [6, 6.07) is 16.7. The number of nitrogens with one attached hydrogen (secondary N) is 2. The van der Waals surface area contributed by atoms with Gasteiger partial charge in [0.05, 0.1) is 0 Å². The van der Waals surface area contributed by atoms with E-state index >= 15 is 0 Å². The molecule has 0 unspecified atom stereocenters. The number of nitrogens with zero attached hydrogens (tertiary/aromatic N) is 1. The van der Waals surface area contributed by atoms with E-state index in [9.17, 15) is 9.59 Å². The number of para-hydroxylation sites is 1. The minimum Gasteiger partial charge on any atom is -0.322 e. The zero-order valence-corrected chi connectivity index (χ0v) is 13.9. The summed E-state index contributed by atoms with van der Waals surface area (Å²) in [5, 5.41) is 5.77. The summed E-state index contributed by atoms with van der Waals surface area (Å²) in [5.41, 5.74) is 2.03. The van der Waals surface area contributed by atoms with Crippen molar-refractivity contribution in [2.75, 3.05) is 17.2 Å². The summed E-state index contributed by atoms with van der Waals surface area (Å²) in [6.07, 6.45) is 3.60. The maximum Gasteiger partial charge on any atom is 0.322 e. The largest absolute Gasteiger partial charge is 0.322 e. The van der Waals surface area contributed by atoms with Gasteiger partial charge < -0.3 is 15.5 Å². The van der Waals surface area contributed by atoms with Gasteiger partial charge in [0.2, 0.25) is 0 Å². The highest BCUT2D eigenvalue weighted by Crippen LogP contribution is 2.39. The Kier molecular flexibility index (Phi) is 4.14. The molecule has 5 heteroatoms. The lowest BCUT2D eigenvalue weighted by Gasteiger charge is -2.44. The Morgan fingerprint density at radius 1 is 0.880 bits per heavy atom. The average molecular weight is 335 g/mol. The van der Waals surface area contributed by atoms with E-state index in [0.717, 1.165) is 18.7 Å². The molecular formula is C20H21N3O2. The van der Waals surface area contributed by atoms with Gasteiger partial charge >= 0.3 is 6.03 Å². The third-order valence-electron chi connectivity index (χ3n) is 5.14. The number of rotatable bonds is 3. The van der Waals surface area contributed by atoms with Gasteiger partial charge in [-0.1, -0.05) is 24.6 Å². The van der Waals surface area contributed by atoms with E-state index in [4.69, 9.17) is 0 Å². The Morgan fingerprint density at radius 3 is 2.32 bits per heavy atom. The molecule has 3 amide bonds. The number of carbonyl (C=O) groups is 2. The Balaban J connectivity index is 1.35. The second kappa shape index (κ2) is 6.59. The van der Waals surface area contributed by atoms with Crippen LogP contribution in [0.5, 0.6) is 0 Å². The second-order valence-corrected chi connectivity index (χ2v) is 6.74. The number of urea groups is 1. The van der Waals surface area contributed by atoms with Crippen molar-refractivity contribution in [3.8, 4) is 0 Å². The molecule has 2 N–H and O–H groups in total. The van der Waals surface area contributed by atoms with Gasteiger partial charge in [0.1, 0.15) is 0 Å². The molecular weight excluding hydrogens is 314 g/mol. The molecule has 0 spiro atoms. The van der Waals surface area contributed by atoms with Crippen LogP contribution in [0.3, 0.4) is 0 Å². The average Bonchev–Trinajstić information content (AvgIpc) is 2.97. The molecule has 0 bridgehead atoms. The highest BCUT2D eigenvalue weighted by Gasteiger charge is 2.44. The fourth-order valence-electron chi connectivity index (χ4n) is 3.75. The smallest absolute Gasteiger partial charge is 0.322 e. The molecule has 2 aromatic carbocycles. The molecule has 0 radical (unpaired) electrons. The van der Waals surface area contributed by atoms with Crippen molar-refractivity contribution in [3.63, 3.8) is 0 Å². The lowest BCUT2D eigenvalue weighted by atomic mass is 9.92. The zero-order valence-electron chi connectivity index (χ0n) is 13.9. The first-order valence-corrected chi connectivity index (χ1v) is 8.75. The number of anilines is 2.